The molecular weight excluding hydrogens is 272 g/mol. The Labute approximate surface area is 112 Å². The van der Waals surface area contributed by atoms with Crippen LogP contribution in [0.1, 0.15) is 25.6 Å². The molecule has 0 atom stereocenters. The topological polar surface area (TPSA) is 83.6 Å². The van der Waals surface area contributed by atoms with Gasteiger partial charge in [-0.05, 0) is 26.0 Å². The van der Waals surface area contributed by atoms with Gasteiger partial charge >= 0.3 is 0 Å². The van der Waals surface area contributed by atoms with Gasteiger partial charge in [-0.1, -0.05) is 6.92 Å². The summed E-state index contributed by atoms with van der Waals surface area (Å²) in [6.45, 7) is 5.65. The van der Waals surface area contributed by atoms with Crippen molar-refractivity contribution >= 4 is 21.4 Å². The SMILES string of the molecule is CCN(CC(C)(C)O)S(=O)(=O)c1ccc(CN)s1. The summed E-state index contributed by atoms with van der Waals surface area (Å²) in [6.07, 6.45) is 0. The normalized spacial score (nSPS) is 13.2. The van der Waals surface area contributed by atoms with Gasteiger partial charge in [0.25, 0.3) is 10.0 Å². The first kappa shape index (κ1) is 15.6. The molecule has 0 unspecified atom stereocenters. The maximum Gasteiger partial charge on any atom is 0.252 e. The Morgan fingerprint density at radius 1 is 1.44 bits per heavy atom. The summed E-state index contributed by atoms with van der Waals surface area (Å²) in [5.41, 5.74) is 4.42. The van der Waals surface area contributed by atoms with Gasteiger partial charge in [0.05, 0.1) is 5.60 Å². The van der Waals surface area contributed by atoms with Crippen molar-refractivity contribution in [3.63, 3.8) is 0 Å². The highest BCUT2D eigenvalue weighted by Crippen LogP contribution is 2.25. The summed E-state index contributed by atoms with van der Waals surface area (Å²) in [5, 5.41) is 9.76. The Kier molecular flexibility index (Phi) is 4.90. The van der Waals surface area contributed by atoms with Crippen LogP contribution in [0.5, 0.6) is 0 Å². The van der Waals surface area contributed by atoms with Crippen molar-refractivity contribution in [2.75, 3.05) is 13.1 Å². The van der Waals surface area contributed by atoms with Crippen LogP contribution in [0.4, 0.5) is 0 Å². The first-order chi connectivity index (χ1) is 8.20. The molecule has 0 aliphatic rings. The van der Waals surface area contributed by atoms with E-state index in [-0.39, 0.29) is 10.8 Å². The van der Waals surface area contributed by atoms with Crippen LogP contribution in [0.25, 0.3) is 0 Å². The number of nitrogens with zero attached hydrogens (tertiary/aromatic N) is 1. The van der Waals surface area contributed by atoms with Crippen LogP contribution in [-0.2, 0) is 16.6 Å². The molecule has 1 aromatic rings. The van der Waals surface area contributed by atoms with E-state index in [0.29, 0.717) is 13.1 Å². The molecule has 0 spiro atoms. The van der Waals surface area contributed by atoms with Crippen LogP contribution in [0.3, 0.4) is 0 Å². The fourth-order valence-corrected chi connectivity index (χ4v) is 4.52. The maximum atomic E-state index is 12.4. The first-order valence-electron chi connectivity index (χ1n) is 5.72. The van der Waals surface area contributed by atoms with Crippen molar-refractivity contribution in [3.05, 3.63) is 17.0 Å². The molecule has 0 aliphatic carbocycles. The van der Waals surface area contributed by atoms with Crippen LogP contribution in [0, 0.1) is 0 Å². The van der Waals surface area contributed by atoms with E-state index >= 15 is 0 Å². The summed E-state index contributed by atoms with van der Waals surface area (Å²) >= 11 is 1.17. The molecule has 104 valence electrons. The van der Waals surface area contributed by atoms with E-state index in [1.165, 1.54) is 15.6 Å². The molecular formula is C11H20N2O3S2. The van der Waals surface area contributed by atoms with Crippen molar-refractivity contribution in [2.24, 2.45) is 5.73 Å². The molecule has 0 saturated heterocycles. The molecule has 0 amide bonds. The molecule has 5 nitrogen and oxygen atoms in total. The quantitative estimate of drug-likeness (QED) is 0.819. The van der Waals surface area contributed by atoms with Crippen LogP contribution in [-0.4, -0.2) is 36.5 Å². The zero-order valence-corrected chi connectivity index (χ0v) is 12.5. The molecule has 0 aliphatic heterocycles. The molecule has 7 heteroatoms. The number of sulfonamides is 1. The standard InChI is InChI=1S/C11H20N2O3S2/c1-4-13(8-11(2,3)14)18(15,16)10-6-5-9(7-12)17-10/h5-6,14H,4,7-8,12H2,1-3H3. The predicted octanol–water partition coefficient (Wildman–Crippen LogP) is 0.988. The second kappa shape index (κ2) is 5.66. The maximum absolute atomic E-state index is 12.4. The highest BCUT2D eigenvalue weighted by atomic mass is 32.2. The fourth-order valence-electron chi connectivity index (χ4n) is 1.53. The monoisotopic (exact) mass is 292 g/mol. The van der Waals surface area contributed by atoms with Gasteiger partial charge in [0, 0.05) is 24.5 Å². The molecule has 1 heterocycles. The molecule has 0 saturated carbocycles. The third kappa shape index (κ3) is 3.76. The second-order valence-electron chi connectivity index (χ2n) is 4.67. The van der Waals surface area contributed by atoms with E-state index in [1.54, 1.807) is 32.9 Å². The lowest BCUT2D eigenvalue weighted by Crippen LogP contribution is -2.41. The minimum atomic E-state index is -3.54. The zero-order valence-electron chi connectivity index (χ0n) is 10.9. The number of thiophene rings is 1. The molecule has 1 aromatic heterocycles. The summed E-state index contributed by atoms with van der Waals surface area (Å²) in [7, 11) is -3.54. The number of aliphatic hydroxyl groups is 1. The smallest absolute Gasteiger partial charge is 0.252 e. The second-order valence-corrected chi connectivity index (χ2v) is 8.00. The summed E-state index contributed by atoms with van der Waals surface area (Å²) in [5.74, 6) is 0. The van der Waals surface area contributed by atoms with E-state index in [9.17, 15) is 13.5 Å². The lowest BCUT2D eigenvalue weighted by Gasteiger charge is -2.26. The minimum absolute atomic E-state index is 0.0711. The Balaban J connectivity index is 3.03. The van der Waals surface area contributed by atoms with Gasteiger partial charge in [0.1, 0.15) is 4.21 Å². The van der Waals surface area contributed by atoms with Crippen LogP contribution >= 0.6 is 11.3 Å². The third-order valence-electron chi connectivity index (χ3n) is 2.35. The van der Waals surface area contributed by atoms with Gasteiger partial charge < -0.3 is 10.8 Å². The van der Waals surface area contributed by atoms with Gasteiger partial charge in [-0.3, -0.25) is 0 Å². The molecule has 0 radical (unpaired) electrons. The molecule has 18 heavy (non-hydrogen) atoms. The Morgan fingerprint density at radius 2 is 2.06 bits per heavy atom. The number of rotatable bonds is 6. The predicted molar refractivity (Wildman–Crippen MR) is 72.9 cm³/mol. The van der Waals surface area contributed by atoms with Crippen molar-refractivity contribution in [2.45, 2.75) is 37.1 Å². The molecule has 0 fully saturated rings. The summed E-state index contributed by atoms with van der Waals surface area (Å²) in [4.78, 5) is 0.827. The Bertz CT molecular complexity index is 489. The molecule has 0 bridgehead atoms. The molecule has 1 rings (SSSR count). The van der Waals surface area contributed by atoms with Gasteiger partial charge in [-0.25, -0.2) is 8.42 Å². The van der Waals surface area contributed by atoms with E-state index in [4.69, 9.17) is 5.73 Å². The van der Waals surface area contributed by atoms with Crippen LogP contribution in [0.15, 0.2) is 16.3 Å². The third-order valence-corrected chi connectivity index (χ3v) is 5.84. The Hall–Kier alpha value is -0.470. The van der Waals surface area contributed by atoms with Crippen molar-refractivity contribution in [3.8, 4) is 0 Å². The van der Waals surface area contributed by atoms with Gasteiger partial charge in [-0.2, -0.15) is 4.31 Å². The average molecular weight is 292 g/mol. The highest BCUT2D eigenvalue weighted by molar-refractivity contribution is 7.91. The largest absolute Gasteiger partial charge is 0.389 e. The van der Waals surface area contributed by atoms with Crippen LogP contribution in [0.2, 0.25) is 0 Å². The van der Waals surface area contributed by atoms with Crippen molar-refractivity contribution in [1.29, 1.82) is 0 Å². The van der Waals surface area contributed by atoms with E-state index in [2.05, 4.69) is 0 Å². The van der Waals surface area contributed by atoms with Gasteiger partial charge in [0.2, 0.25) is 0 Å². The molecule has 3 N–H and O–H groups in total. The number of likely N-dealkylation sites (N-methyl/N-ethyl adjacent to an activating group) is 1. The van der Waals surface area contributed by atoms with Crippen molar-refractivity contribution in [1.82, 2.24) is 4.31 Å². The fraction of sp³-hybridized carbons (Fsp3) is 0.636. The van der Waals surface area contributed by atoms with E-state index in [1.807, 2.05) is 0 Å². The number of hydrogen-bond acceptors (Lipinski definition) is 5. The Morgan fingerprint density at radius 3 is 2.44 bits per heavy atom. The van der Waals surface area contributed by atoms with Gasteiger partial charge in [0.15, 0.2) is 0 Å². The average Bonchev–Trinajstić information content (AvgIpc) is 2.73. The lowest BCUT2D eigenvalue weighted by molar-refractivity contribution is 0.0602. The first-order valence-corrected chi connectivity index (χ1v) is 7.97. The minimum Gasteiger partial charge on any atom is -0.389 e. The summed E-state index contributed by atoms with van der Waals surface area (Å²) in [6, 6.07) is 3.28. The number of nitrogens with two attached hydrogens (primary N) is 1. The van der Waals surface area contributed by atoms with Gasteiger partial charge in [-0.15, -0.1) is 11.3 Å². The van der Waals surface area contributed by atoms with Crippen LogP contribution < -0.4 is 5.73 Å². The van der Waals surface area contributed by atoms with E-state index in [0.717, 1.165) is 4.88 Å². The van der Waals surface area contributed by atoms with Crippen molar-refractivity contribution < 1.29 is 13.5 Å². The summed E-state index contributed by atoms with van der Waals surface area (Å²) < 4.78 is 26.3. The van der Waals surface area contributed by atoms with E-state index < -0.39 is 15.6 Å². The zero-order chi connectivity index (χ0) is 14.0. The molecule has 0 aromatic carbocycles. The number of hydrogen-bond donors (Lipinski definition) is 2. The lowest BCUT2D eigenvalue weighted by atomic mass is 10.1. The highest BCUT2D eigenvalue weighted by Gasteiger charge is 2.29.